The molecule has 25 heavy (non-hydrogen) atoms. The molecule has 0 aromatic heterocycles. The molecule has 5 nitrogen and oxygen atoms in total. The number of rotatable bonds is 5. The molecule has 0 aliphatic rings. The number of hydrogen-bond donors (Lipinski definition) is 1. The number of carbonyl (C=O) groups is 1. The highest BCUT2D eigenvalue weighted by molar-refractivity contribution is 7.92. The van der Waals surface area contributed by atoms with Crippen molar-refractivity contribution < 1.29 is 13.2 Å². The van der Waals surface area contributed by atoms with Gasteiger partial charge in [0.1, 0.15) is 6.54 Å². The second-order valence-corrected chi connectivity index (χ2v) is 8.36. The number of amides is 1. The van der Waals surface area contributed by atoms with E-state index in [0.29, 0.717) is 16.4 Å². The van der Waals surface area contributed by atoms with E-state index in [0.717, 1.165) is 27.3 Å². The normalized spacial score (nSPS) is 11.2. The molecule has 2 aromatic carbocycles. The van der Waals surface area contributed by atoms with Crippen molar-refractivity contribution in [2.75, 3.05) is 22.4 Å². The van der Waals surface area contributed by atoms with E-state index in [-0.39, 0.29) is 6.54 Å². The molecule has 0 radical (unpaired) electrons. The number of nitrogens with zero attached hydrogens (tertiary/aromatic N) is 1. The molecule has 7 heteroatoms. The van der Waals surface area contributed by atoms with Crippen molar-refractivity contribution in [2.24, 2.45) is 0 Å². The third-order valence-electron chi connectivity index (χ3n) is 3.92. The van der Waals surface area contributed by atoms with Crippen molar-refractivity contribution in [3.05, 3.63) is 58.1 Å². The molecule has 0 atom stereocenters. The van der Waals surface area contributed by atoms with Crippen LogP contribution in [0.2, 0.25) is 5.02 Å². The standard InChI is InChI=1S/C18H21ClN2O3S/c1-12-6-8-16(9-14(12)3)21(25(4,23)24)11-18(22)20-15-7-5-13(2)17(19)10-15/h5-10H,11H2,1-4H3,(H,20,22). The molecule has 1 amide bonds. The quantitative estimate of drug-likeness (QED) is 0.860. The van der Waals surface area contributed by atoms with E-state index in [1.54, 1.807) is 30.3 Å². The van der Waals surface area contributed by atoms with E-state index < -0.39 is 15.9 Å². The topological polar surface area (TPSA) is 66.5 Å². The van der Waals surface area contributed by atoms with Crippen LogP contribution in [0.15, 0.2) is 36.4 Å². The minimum atomic E-state index is -3.60. The number of halogens is 1. The molecule has 0 bridgehead atoms. The molecule has 2 rings (SSSR count). The van der Waals surface area contributed by atoms with Crippen LogP contribution in [0.1, 0.15) is 16.7 Å². The molecule has 0 aliphatic heterocycles. The number of aryl methyl sites for hydroxylation is 3. The molecule has 0 aliphatic carbocycles. The number of benzene rings is 2. The lowest BCUT2D eigenvalue weighted by atomic mass is 10.1. The molecule has 0 saturated carbocycles. The Kier molecular flexibility index (Phi) is 5.75. The van der Waals surface area contributed by atoms with Crippen molar-refractivity contribution in [3.63, 3.8) is 0 Å². The Bertz CT molecular complexity index is 911. The summed E-state index contributed by atoms with van der Waals surface area (Å²) in [6, 6.07) is 10.4. The third-order valence-corrected chi connectivity index (χ3v) is 5.47. The average molecular weight is 381 g/mol. The Labute approximate surface area is 153 Å². The number of hydrogen-bond acceptors (Lipinski definition) is 3. The number of nitrogens with one attached hydrogen (secondary N) is 1. The van der Waals surface area contributed by atoms with Crippen LogP contribution in [-0.4, -0.2) is 27.1 Å². The summed E-state index contributed by atoms with van der Waals surface area (Å²) in [7, 11) is -3.60. The summed E-state index contributed by atoms with van der Waals surface area (Å²) in [5, 5.41) is 3.21. The Balaban J connectivity index is 2.23. The first kappa shape index (κ1) is 19.3. The summed E-state index contributed by atoms with van der Waals surface area (Å²) in [5.74, 6) is -0.441. The van der Waals surface area contributed by atoms with Gasteiger partial charge in [0.25, 0.3) is 0 Å². The van der Waals surface area contributed by atoms with Gasteiger partial charge in [-0.3, -0.25) is 9.10 Å². The molecular formula is C18H21ClN2O3S. The van der Waals surface area contributed by atoms with Crippen LogP contribution in [0.3, 0.4) is 0 Å². The lowest BCUT2D eigenvalue weighted by Crippen LogP contribution is -2.37. The first-order valence-corrected chi connectivity index (χ1v) is 9.91. The van der Waals surface area contributed by atoms with Gasteiger partial charge in [0.05, 0.1) is 11.9 Å². The molecule has 0 heterocycles. The molecule has 134 valence electrons. The lowest BCUT2D eigenvalue weighted by Gasteiger charge is -2.22. The Morgan fingerprint density at radius 1 is 1.04 bits per heavy atom. The second kappa shape index (κ2) is 7.45. The molecule has 0 spiro atoms. The maximum atomic E-state index is 12.3. The molecule has 0 unspecified atom stereocenters. The van der Waals surface area contributed by atoms with Gasteiger partial charge < -0.3 is 5.32 Å². The minimum Gasteiger partial charge on any atom is -0.324 e. The molecule has 0 fully saturated rings. The van der Waals surface area contributed by atoms with Gasteiger partial charge >= 0.3 is 0 Å². The summed E-state index contributed by atoms with van der Waals surface area (Å²) >= 11 is 6.05. The monoisotopic (exact) mass is 380 g/mol. The Hall–Kier alpha value is -2.05. The van der Waals surface area contributed by atoms with Crippen molar-refractivity contribution in [3.8, 4) is 0 Å². The highest BCUT2D eigenvalue weighted by Gasteiger charge is 2.21. The predicted octanol–water partition coefficient (Wildman–Crippen LogP) is 3.67. The number of anilines is 2. The van der Waals surface area contributed by atoms with Gasteiger partial charge in [-0.05, 0) is 61.7 Å². The summed E-state index contributed by atoms with van der Waals surface area (Å²) in [6.45, 7) is 5.39. The molecule has 2 aromatic rings. The fraction of sp³-hybridized carbons (Fsp3) is 0.278. The summed E-state index contributed by atoms with van der Waals surface area (Å²) in [5.41, 5.74) is 3.89. The number of carbonyl (C=O) groups excluding carboxylic acids is 1. The van der Waals surface area contributed by atoms with E-state index >= 15 is 0 Å². The molecular weight excluding hydrogens is 360 g/mol. The van der Waals surface area contributed by atoms with Gasteiger partial charge in [-0.15, -0.1) is 0 Å². The lowest BCUT2D eigenvalue weighted by molar-refractivity contribution is -0.114. The average Bonchev–Trinajstić information content (AvgIpc) is 2.50. The van der Waals surface area contributed by atoms with Crippen LogP contribution in [0.5, 0.6) is 0 Å². The van der Waals surface area contributed by atoms with Gasteiger partial charge in [0, 0.05) is 10.7 Å². The van der Waals surface area contributed by atoms with Gasteiger partial charge in [-0.2, -0.15) is 0 Å². The van der Waals surface area contributed by atoms with Gasteiger partial charge in [0.15, 0.2) is 0 Å². The maximum absolute atomic E-state index is 12.3. The SMILES string of the molecule is Cc1ccc(N(CC(=O)Nc2ccc(C)c(Cl)c2)S(C)(=O)=O)cc1C. The van der Waals surface area contributed by atoms with Crippen LogP contribution in [0.4, 0.5) is 11.4 Å². The minimum absolute atomic E-state index is 0.313. The largest absolute Gasteiger partial charge is 0.324 e. The van der Waals surface area contributed by atoms with Crippen molar-refractivity contribution in [1.29, 1.82) is 0 Å². The Morgan fingerprint density at radius 2 is 1.68 bits per heavy atom. The van der Waals surface area contributed by atoms with Gasteiger partial charge in [0.2, 0.25) is 15.9 Å². The molecule has 1 N–H and O–H groups in total. The van der Waals surface area contributed by atoms with E-state index in [1.807, 2.05) is 26.8 Å². The first-order valence-electron chi connectivity index (χ1n) is 7.69. The van der Waals surface area contributed by atoms with E-state index in [2.05, 4.69) is 5.32 Å². The predicted molar refractivity (Wildman–Crippen MR) is 103 cm³/mol. The van der Waals surface area contributed by atoms with Crippen LogP contribution >= 0.6 is 11.6 Å². The van der Waals surface area contributed by atoms with Crippen LogP contribution in [0.25, 0.3) is 0 Å². The van der Waals surface area contributed by atoms with Crippen LogP contribution in [-0.2, 0) is 14.8 Å². The maximum Gasteiger partial charge on any atom is 0.245 e. The smallest absolute Gasteiger partial charge is 0.245 e. The Morgan fingerprint density at radius 3 is 2.24 bits per heavy atom. The van der Waals surface area contributed by atoms with Crippen molar-refractivity contribution >= 4 is 38.9 Å². The van der Waals surface area contributed by atoms with Gasteiger partial charge in [-0.1, -0.05) is 23.7 Å². The zero-order valence-electron chi connectivity index (χ0n) is 14.6. The number of sulfonamides is 1. The summed E-state index contributed by atoms with van der Waals surface area (Å²) in [6.07, 6.45) is 1.08. The highest BCUT2D eigenvalue weighted by Crippen LogP contribution is 2.22. The summed E-state index contributed by atoms with van der Waals surface area (Å²) in [4.78, 5) is 12.3. The van der Waals surface area contributed by atoms with E-state index in [1.165, 1.54) is 0 Å². The fourth-order valence-corrected chi connectivity index (χ4v) is 3.31. The zero-order chi connectivity index (χ0) is 18.8. The highest BCUT2D eigenvalue weighted by atomic mass is 35.5. The van der Waals surface area contributed by atoms with Gasteiger partial charge in [-0.25, -0.2) is 8.42 Å². The van der Waals surface area contributed by atoms with Crippen molar-refractivity contribution in [2.45, 2.75) is 20.8 Å². The fourth-order valence-electron chi connectivity index (χ4n) is 2.28. The zero-order valence-corrected chi connectivity index (χ0v) is 16.2. The van der Waals surface area contributed by atoms with E-state index in [9.17, 15) is 13.2 Å². The second-order valence-electron chi connectivity index (χ2n) is 6.05. The third kappa shape index (κ3) is 4.96. The first-order chi connectivity index (χ1) is 11.6. The molecule has 0 saturated heterocycles. The van der Waals surface area contributed by atoms with Crippen LogP contribution in [0, 0.1) is 20.8 Å². The van der Waals surface area contributed by atoms with E-state index in [4.69, 9.17) is 11.6 Å². The van der Waals surface area contributed by atoms with Crippen LogP contribution < -0.4 is 9.62 Å². The summed E-state index contributed by atoms with van der Waals surface area (Å²) < 4.78 is 25.4. The van der Waals surface area contributed by atoms with Crippen molar-refractivity contribution in [1.82, 2.24) is 0 Å².